The van der Waals surface area contributed by atoms with Gasteiger partial charge in [0.05, 0.1) is 12.9 Å². The zero-order valence-corrected chi connectivity index (χ0v) is 7.80. The van der Waals surface area contributed by atoms with Gasteiger partial charge in [0.15, 0.2) is 0 Å². The van der Waals surface area contributed by atoms with Crippen LogP contribution in [0.2, 0.25) is 0 Å². The minimum Gasteiger partial charge on any atom is -0.349 e. The Bertz CT molecular complexity index is 214. The number of hydrogen-bond donors (Lipinski definition) is 1. The highest BCUT2D eigenvalue weighted by Crippen LogP contribution is 2.04. The molecule has 0 unspecified atom stereocenters. The Kier molecular flexibility index (Phi) is 3.58. The van der Waals surface area contributed by atoms with Crippen LogP contribution in [-0.2, 0) is 0 Å². The van der Waals surface area contributed by atoms with Crippen molar-refractivity contribution in [3.8, 4) is 0 Å². The Balaban J connectivity index is 2.40. The van der Waals surface area contributed by atoms with Gasteiger partial charge in [-0.15, -0.1) is 0 Å². The van der Waals surface area contributed by atoms with Crippen molar-refractivity contribution in [1.82, 2.24) is 5.32 Å². The van der Waals surface area contributed by atoms with E-state index in [1.54, 1.807) is 6.34 Å². The maximum atomic E-state index is 4.06. The number of hydrogen-bond acceptors (Lipinski definition) is 2. The van der Waals surface area contributed by atoms with Crippen LogP contribution < -0.4 is 5.32 Å². The van der Waals surface area contributed by atoms with Crippen LogP contribution in [0.25, 0.3) is 0 Å². The molecular weight excluding hydrogens is 148 g/mol. The van der Waals surface area contributed by atoms with Gasteiger partial charge in [-0.2, -0.15) is 0 Å². The minimum atomic E-state index is 0.801. The highest BCUT2D eigenvalue weighted by molar-refractivity contribution is 5.61. The second kappa shape index (κ2) is 4.75. The minimum absolute atomic E-state index is 0.801. The lowest BCUT2D eigenvalue weighted by atomic mass is 10.1. The van der Waals surface area contributed by atoms with Crippen molar-refractivity contribution in [2.45, 2.75) is 26.7 Å². The summed E-state index contributed by atoms with van der Waals surface area (Å²) < 4.78 is 0. The van der Waals surface area contributed by atoms with Crippen LogP contribution >= 0.6 is 0 Å². The van der Waals surface area contributed by atoms with E-state index in [0.717, 1.165) is 6.54 Å². The molecule has 0 spiro atoms. The van der Waals surface area contributed by atoms with E-state index < -0.39 is 0 Å². The molecule has 1 heterocycles. The maximum absolute atomic E-state index is 4.06. The summed E-state index contributed by atoms with van der Waals surface area (Å²) in [7, 11) is 0. The van der Waals surface area contributed by atoms with E-state index in [-0.39, 0.29) is 0 Å². The summed E-state index contributed by atoms with van der Waals surface area (Å²) in [4.78, 5) is 4.06. The number of nitrogens with one attached hydrogen (secondary N) is 1. The van der Waals surface area contributed by atoms with Crippen molar-refractivity contribution in [1.29, 1.82) is 0 Å². The first-order chi connectivity index (χ1) is 5.83. The molecule has 1 aliphatic heterocycles. The van der Waals surface area contributed by atoms with Gasteiger partial charge >= 0.3 is 0 Å². The van der Waals surface area contributed by atoms with E-state index in [0.29, 0.717) is 0 Å². The molecule has 0 atom stereocenters. The van der Waals surface area contributed by atoms with E-state index in [9.17, 15) is 0 Å². The summed E-state index contributed by atoms with van der Waals surface area (Å²) in [6.45, 7) is 5.16. The molecule has 0 radical (unpaired) electrons. The Morgan fingerprint density at radius 2 is 2.58 bits per heavy atom. The van der Waals surface area contributed by atoms with Gasteiger partial charge in [-0.1, -0.05) is 25.0 Å². The third kappa shape index (κ3) is 2.91. The molecule has 2 nitrogen and oxygen atoms in total. The average Bonchev–Trinajstić information content (AvgIpc) is 2.53. The summed E-state index contributed by atoms with van der Waals surface area (Å²) >= 11 is 0. The third-order valence-electron chi connectivity index (χ3n) is 1.82. The van der Waals surface area contributed by atoms with Gasteiger partial charge in [-0.3, -0.25) is 4.99 Å². The summed E-state index contributed by atoms with van der Waals surface area (Å²) in [5.74, 6) is 0. The second-order valence-electron chi connectivity index (χ2n) is 3.07. The van der Waals surface area contributed by atoms with Crippen molar-refractivity contribution in [2.24, 2.45) is 4.99 Å². The van der Waals surface area contributed by atoms with Crippen molar-refractivity contribution in [3.05, 3.63) is 23.4 Å². The topological polar surface area (TPSA) is 24.4 Å². The summed E-state index contributed by atoms with van der Waals surface area (Å²) in [5, 5.41) is 3.08. The number of allylic oxidation sites excluding steroid dienone is 3. The van der Waals surface area contributed by atoms with Crippen LogP contribution in [-0.4, -0.2) is 12.9 Å². The first-order valence-corrected chi connectivity index (χ1v) is 4.44. The van der Waals surface area contributed by atoms with Crippen molar-refractivity contribution >= 4 is 6.34 Å². The highest BCUT2D eigenvalue weighted by Gasteiger charge is 1.96. The van der Waals surface area contributed by atoms with E-state index in [1.807, 2.05) is 0 Å². The molecule has 12 heavy (non-hydrogen) atoms. The van der Waals surface area contributed by atoms with Crippen LogP contribution in [0.1, 0.15) is 26.7 Å². The predicted molar refractivity (Wildman–Crippen MR) is 53.2 cm³/mol. The predicted octanol–water partition coefficient (Wildman–Crippen LogP) is 2.25. The second-order valence-corrected chi connectivity index (χ2v) is 3.07. The Labute approximate surface area is 74.1 Å². The largest absolute Gasteiger partial charge is 0.349 e. The van der Waals surface area contributed by atoms with E-state index in [1.165, 1.54) is 24.1 Å². The summed E-state index contributed by atoms with van der Waals surface area (Å²) in [6.07, 6.45) is 8.42. The molecule has 1 aliphatic rings. The van der Waals surface area contributed by atoms with Crippen LogP contribution in [0.3, 0.4) is 0 Å². The molecule has 1 N–H and O–H groups in total. The van der Waals surface area contributed by atoms with Gasteiger partial charge in [0.25, 0.3) is 0 Å². The fourth-order valence-electron chi connectivity index (χ4n) is 1.14. The first kappa shape index (κ1) is 9.04. The normalized spacial score (nSPS) is 20.2. The van der Waals surface area contributed by atoms with Crippen molar-refractivity contribution in [3.63, 3.8) is 0 Å². The fourth-order valence-corrected chi connectivity index (χ4v) is 1.14. The van der Waals surface area contributed by atoms with Crippen LogP contribution in [0, 0.1) is 0 Å². The summed E-state index contributed by atoms with van der Waals surface area (Å²) in [5.41, 5.74) is 2.61. The molecule has 2 heteroatoms. The summed E-state index contributed by atoms with van der Waals surface area (Å²) in [6, 6.07) is 0. The zero-order valence-electron chi connectivity index (χ0n) is 7.80. The number of rotatable bonds is 3. The quantitative estimate of drug-likeness (QED) is 0.679. The maximum Gasteiger partial charge on any atom is 0.0870 e. The van der Waals surface area contributed by atoms with Gasteiger partial charge < -0.3 is 5.32 Å². The molecule has 0 aromatic heterocycles. The number of aliphatic imine (C=N–C) groups is 1. The van der Waals surface area contributed by atoms with E-state index in [4.69, 9.17) is 0 Å². The van der Waals surface area contributed by atoms with Crippen LogP contribution in [0.5, 0.6) is 0 Å². The van der Waals surface area contributed by atoms with Gasteiger partial charge in [0.1, 0.15) is 0 Å². The van der Waals surface area contributed by atoms with Gasteiger partial charge in [-0.05, 0) is 19.4 Å². The van der Waals surface area contributed by atoms with Crippen LogP contribution in [0.4, 0.5) is 0 Å². The molecule has 0 aromatic carbocycles. The lowest BCUT2D eigenvalue weighted by Gasteiger charge is -1.96. The monoisotopic (exact) mass is 164 g/mol. The van der Waals surface area contributed by atoms with Gasteiger partial charge in [0, 0.05) is 5.70 Å². The molecule has 0 aromatic rings. The molecule has 0 saturated carbocycles. The van der Waals surface area contributed by atoms with Crippen molar-refractivity contribution in [2.75, 3.05) is 6.54 Å². The third-order valence-corrected chi connectivity index (χ3v) is 1.82. The highest BCUT2D eigenvalue weighted by atomic mass is 15.0. The molecule has 1 rings (SSSR count). The smallest absolute Gasteiger partial charge is 0.0870 e. The Hall–Kier alpha value is -1.05. The molecule has 0 saturated heterocycles. The zero-order chi connectivity index (χ0) is 8.81. The Morgan fingerprint density at radius 3 is 3.17 bits per heavy atom. The molecule has 0 bridgehead atoms. The van der Waals surface area contributed by atoms with E-state index in [2.05, 4.69) is 36.3 Å². The molecule has 0 fully saturated rings. The van der Waals surface area contributed by atoms with Gasteiger partial charge in [-0.25, -0.2) is 0 Å². The lowest BCUT2D eigenvalue weighted by Crippen LogP contribution is -2.03. The van der Waals surface area contributed by atoms with Gasteiger partial charge in [0.2, 0.25) is 0 Å². The molecule has 0 amide bonds. The SMILES string of the molecule is CCC/C(C)=C\C=C1/CN=CN1. The Morgan fingerprint density at radius 1 is 1.75 bits per heavy atom. The van der Waals surface area contributed by atoms with Crippen LogP contribution in [0.15, 0.2) is 28.4 Å². The molecular formula is C10H16N2. The average molecular weight is 164 g/mol. The van der Waals surface area contributed by atoms with E-state index >= 15 is 0 Å². The first-order valence-electron chi connectivity index (χ1n) is 4.44. The number of nitrogens with zero attached hydrogens (tertiary/aromatic N) is 1. The molecule has 66 valence electrons. The lowest BCUT2D eigenvalue weighted by molar-refractivity contribution is 0.905. The molecule has 0 aliphatic carbocycles. The fraction of sp³-hybridized carbons (Fsp3) is 0.500. The van der Waals surface area contributed by atoms with Crippen molar-refractivity contribution < 1.29 is 0 Å². The standard InChI is InChI=1S/C10H16N2/c1-3-4-9(2)5-6-10-7-11-8-12-10/h5-6,8H,3-4,7H2,1-2H3,(H,11,12)/b9-5-,10-6+.